The van der Waals surface area contributed by atoms with Crippen molar-refractivity contribution in [2.75, 3.05) is 0 Å². The van der Waals surface area contributed by atoms with E-state index in [9.17, 15) is 9.18 Å². The molecule has 1 aromatic carbocycles. The van der Waals surface area contributed by atoms with Crippen LogP contribution in [0.25, 0.3) is 0 Å². The first-order chi connectivity index (χ1) is 8.19. The van der Waals surface area contributed by atoms with Crippen LogP contribution in [-0.2, 0) is 0 Å². The highest BCUT2D eigenvalue weighted by Gasteiger charge is 2.20. The molecule has 0 heterocycles. The van der Waals surface area contributed by atoms with Gasteiger partial charge in [0.25, 0.3) is 0 Å². The lowest BCUT2D eigenvalue weighted by Gasteiger charge is -2.26. The number of rotatable bonds is 3. The first kappa shape index (κ1) is 12.6. The second-order valence-electron chi connectivity index (χ2n) is 4.82. The molecule has 17 heavy (non-hydrogen) atoms. The number of aldehydes is 1. The van der Waals surface area contributed by atoms with Crippen molar-refractivity contribution in [3.05, 3.63) is 29.6 Å². The van der Waals surface area contributed by atoms with E-state index in [4.69, 9.17) is 0 Å². The Kier molecular flexibility index (Phi) is 4.21. The van der Waals surface area contributed by atoms with E-state index in [1.165, 1.54) is 31.7 Å². The minimum atomic E-state index is -0.266. The van der Waals surface area contributed by atoms with Crippen molar-refractivity contribution in [3.63, 3.8) is 0 Å². The summed E-state index contributed by atoms with van der Waals surface area (Å²) < 4.78 is 13.7. The quantitative estimate of drug-likeness (QED) is 0.746. The van der Waals surface area contributed by atoms with Crippen LogP contribution in [0.2, 0.25) is 0 Å². The highest BCUT2D eigenvalue weighted by molar-refractivity contribution is 8.00. The fourth-order valence-electron chi connectivity index (χ4n) is 2.35. The van der Waals surface area contributed by atoms with Gasteiger partial charge in [-0.25, -0.2) is 4.39 Å². The SMILES string of the molecule is CC1CCCC(Sc2ccc(C=O)cc2F)C1. The maximum atomic E-state index is 13.7. The summed E-state index contributed by atoms with van der Waals surface area (Å²) >= 11 is 1.62. The molecule has 1 aliphatic carbocycles. The lowest BCUT2D eigenvalue weighted by molar-refractivity contribution is 0.112. The molecule has 0 aromatic heterocycles. The average Bonchev–Trinajstić information content (AvgIpc) is 2.32. The number of thioether (sulfide) groups is 1. The highest BCUT2D eigenvalue weighted by atomic mass is 32.2. The summed E-state index contributed by atoms with van der Waals surface area (Å²) in [5.41, 5.74) is 0.406. The monoisotopic (exact) mass is 252 g/mol. The minimum Gasteiger partial charge on any atom is -0.298 e. The third-order valence-electron chi connectivity index (χ3n) is 3.27. The molecule has 0 spiro atoms. The Morgan fingerprint density at radius 1 is 1.41 bits per heavy atom. The van der Waals surface area contributed by atoms with Gasteiger partial charge >= 0.3 is 0 Å². The number of halogens is 1. The van der Waals surface area contributed by atoms with Crippen molar-refractivity contribution in [1.82, 2.24) is 0 Å². The number of carbonyl (C=O) groups is 1. The van der Waals surface area contributed by atoms with Gasteiger partial charge < -0.3 is 0 Å². The zero-order chi connectivity index (χ0) is 12.3. The summed E-state index contributed by atoms with van der Waals surface area (Å²) in [6.45, 7) is 2.26. The Labute approximate surface area is 106 Å². The largest absolute Gasteiger partial charge is 0.298 e. The molecular formula is C14H17FOS. The molecule has 0 N–H and O–H groups in total. The van der Waals surface area contributed by atoms with Crippen molar-refractivity contribution in [3.8, 4) is 0 Å². The minimum absolute atomic E-state index is 0.266. The summed E-state index contributed by atoms with van der Waals surface area (Å²) in [4.78, 5) is 11.2. The molecule has 1 nitrogen and oxygen atoms in total. The van der Waals surface area contributed by atoms with E-state index in [0.717, 1.165) is 5.92 Å². The maximum Gasteiger partial charge on any atom is 0.150 e. The fourth-order valence-corrected chi connectivity index (χ4v) is 3.74. The van der Waals surface area contributed by atoms with Crippen molar-refractivity contribution in [1.29, 1.82) is 0 Å². The second-order valence-corrected chi connectivity index (χ2v) is 6.16. The molecule has 2 atom stereocenters. The molecule has 2 rings (SSSR count). The van der Waals surface area contributed by atoms with E-state index in [1.807, 2.05) is 0 Å². The summed E-state index contributed by atoms with van der Waals surface area (Å²) in [7, 11) is 0. The molecule has 0 amide bonds. The number of hydrogen-bond acceptors (Lipinski definition) is 2. The molecular weight excluding hydrogens is 235 g/mol. The zero-order valence-corrected chi connectivity index (χ0v) is 10.8. The molecule has 1 aliphatic rings. The Hall–Kier alpha value is -0.830. The van der Waals surface area contributed by atoms with E-state index >= 15 is 0 Å². The first-order valence-electron chi connectivity index (χ1n) is 6.10. The molecule has 0 radical (unpaired) electrons. The van der Waals surface area contributed by atoms with Gasteiger partial charge in [-0.3, -0.25) is 4.79 Å². The molecule has 2 unspecified atom stereocenters. The lowest BCUT2D eigenvalue weighted by Crippen LogP contribution is -2.15. The Bertz CT molecular complexity index is 405. The van der Waals surface area contributed by atoms with Crippen LogP contribution in [0.4, 0.5) is 4.39 Å². The predicted octanol–water partition coefficient (Wildman–Crippen LogP) is 4.31. The van der Waals surface area contributed by atoms with Crippen LogP contribution < -0.4 is 0 Å². The van der Waals surface area contributed by atoms with Crippen molar-refractivity contribution in [2.24, 2.45) is 5.92 Å². The average molecular weight is 252 g/mol. The van der Waals surface area contributed by atoms with Crippen LogP contribution in [0.1, 0.15) is 43.0 Å². The maximum absolute atomic E-state index is 13.7. The molecule has 92 valence electrons. The summed E-state index contributed by atoms with van der Waals surface area (Å²) in [5, 5.41) is 0.523. The van der Waals surface area contributed by atoms with Crippen LogP contribution in [0, 0.1) is 11.7 Å². The van der Waals surface area contributed by atoms with Crippen LogP contribution in [0.5, 0.6) is 0 Å². The fraction of sp³-hybridized carbons (Fsp3) is 0.500. The molecule has 0 aliphatic heterocycles. The number of hydrogen-bond donors (Lipinski definition) is 0. The van der Waals surface area contributed by atoms with E-state index in [2.05, 4.69) is 6.92 Å². The third kappa shape index (κ3) is 3.32. The van der Waals surface area contributed by atoms with Gasteiger partial charge in [-0.2, -0.15) is 0 Å². The molecule has 1 aromatic rings. The second kappa shape index (κ2) is 5.67. The van der Waals surface area contributed by atoms with Gasteiger partial charge in [-0.1, -0.05) is 25.8 Å². The van der Waals surface area contributed by atoms with Gasteiger partial charge in [-0.15, -0.1) is 11.8 Å². The summed E-state index contributed by atoms with van der Waals surface area (Å²) in [5.74, 6) is 0.483. The number of carbonyl (C=O) groups excluding carboxylic acids is 1. The molecule has 0 saturated heterocycles. The number of benzene rings is 1. The Balaban J connectivity index is 2.05. The Morgan fingerprint density at radius 2 is 2.24 bits per heavy atom. The van der Waals surface area contributed by atoms with Gasteiger partial charge in [0.05, 0.1) is 0 Å². The third-order valence-corrected chi connectivity index (χ3v) is 4.62. The van der Waals surface area contributed by atoms with Crippen molar-refractivity contribution < 1.29 is 9.18 Å². The van der Waals surface area contributed by atoms with Crippen LogP contribution in [0.15, 0.2) is 23.1 Å². The molecule has 1 fully saturated rings. The van der Waals surface area contributed by atoms with Gasteiger partial charge in [0.2, 0.25) is 0 Å². The summed E-state index contributed by atoms with van der Waals surface area (Å²) in [6.07, 6.45) is 5.56. The van der Waals surface area contributed by atoms with Gasteiger partial charge in [0.1, 0.15) is 12.1 Å². The highest BCUT2D eigenvalue weighted by Crippen LogP contribution is 2.37. The predicted molar refractivity (Wildman–Crippen MR) is 69.1 cm³/mol. The molecule has 3 heteroatoms. The van der Waals surface area contributed by atoms with E-state index in [0.29, 0.717) is 22.0 Å². The van der Waals surface area contributed by atoms with Crippen molar-refractivity contribution in [2.45, 2.75) is 42.8 Å². The Morgan fingerprint density at radius 3 is 2.88 bits per heavy atom. The zero-order valence-electron chi connectivity index (χ0n) is 9.99. The summed E-state index contributed by atoms with van der Waals surface area (Å²) in [6, 6.07) is 4.73. The topological polar surface area (TPSA) is 17.1 Å². The lowest BCUT2D eigenvalue weighted by atomic mass is 9.91. The molecule has 1 saturated carbocycles. The molecule has 0 bridgehead atoms. The standard InChI is InChI=1S/C14H17FOS/c1-10-3-2-4-12(7-10)17-14-6-5-11(9-16)8-13(14)15/h5-6,8-10,12H,2-4,7H2,1H3. The normalized spacial score (nSPS) is 24.6. The van der Waals surface area contributed by atoms with E-state index in [1.54, 1.807) is 23.9 Å². The van der Waals surface area contributed by atoms with Crippen LogP contribution in [-0.4, -0.2) is 11.5 Å². The van der Waals surface area contributed by atoms with Gasteiger partial charge in [-0.05, 0) is 30.9 Å². The van der Waals surface area contributed by atoms with Crippen LogP contribution in [0.3, 0.4) is 0 Å². The van der Waals surface area contributed by atoms with Gasteiger partial charge in [0.15, 0.2) is 0 Å². The van der Waals surface area contributed by atoms with Crippen LogP contribution >= 0.6 is 11.8 Å². The van der Waals surface area contributed by atoms with E-state index < -0.39 is 0 Å². The van der Waals surface area contributed by atoms with Crippen molar-refractivity contribution >= 4 is 18.0 Å². The smallest absolute Gasteiger partial charge is 0.150 e. The van der Waals surface area contributed by atoms with E-state index in [-0.39, 0.29) is 5.82 Å². The van der Waals surface area contributed by atoms with Gasteiger partial charge in [0, 0.05) is 15.7 Å². The first-order valence-corrected chi connectivity index (χ1v) is 6.98.